The van der Waals surface area contributed by atoms with Crippen LogP contribution in [0.25, 0.3) is 0 Å². The third-order valence-electron chi connectivity index (χ3n) is 2.25. The van der Waals surface area contributed by atoms with Crippen LogP contribution in [-0.2, 0) is 14.8 Å². The number of carbonyl (C=O) groups is 1. The zero-order valence-corrected chi connectivity index (χ0v) is 12.9. The number of sulfonamides is 1. The summed E-state index contributed by atoms with van der Waals surface area (Å²) in [5, 5.41) is 5.36. The molecule has 0 aromatic heterocycles. The minimum atomic E-state index is -3.47. The fourth-order valence-electron chi connectivity index (χ4n) is 1.36. The van der Waals surface area contributed by atoms with Crippen LogP contribution < -0.4 is 15.4 Å². The summed E-state index contributed by atoms with van der Waals surface area (Å²) in [4.78, 5) is 11.0. The van der Waals surface area contributed by atoms with Crippen molar-refractivity contribution in [3.8, 4) is 0 Å². The number of hydrogen-bond acceptors (Lipinski definition) is 4. The van der Waals surface area contributed by atoms with Crippen LogP contribution in [0.3, 0.4) is 0 Å². The number of amides is 1. The molecule has 8 heteroatoms. The summed E-state index contributed by atoms with van der Waals surface area (Å²) in [6.45, 7) is 3.64. The Balaban J connectivity index is 2.74. The second kappa shape index (κ2) is 7.32. The molecular weight excluding hydrogens is 298 g/mol. The number of carbonyl (C=O) groups excluding carboxylic acids is 1. The number of rotatable bonds is 5. The summed E-state index contributed by atoms with van der Waals surface area (Å²) < 4.78 is 26.2. The van der Waals surface area contributed by atoms with Crippen LogP contribution in [0.1, 0.15) is 20.3 Å². The lowest BCUT2D eigenvalue weighted by molar-refractivity contribution is -0.117. The SMILES string of the molecule is CCCNS(=O)(=O)c1ccc(NC(=S)NC(C)=O)cc1. The zero-order valence-electron chi connectivity index (χ0n) is 11.3. The van der Waals surface area contributed by atoms with Gasteiger partial charge < -0.3 is 10.6 Å². The largest absolute Gasteiger partial charge is 0.332 e. The minimum Gasteiger partial charge on any atom is -0.332 e. The molecule has 0 bridgehead atoms. The van der Waals surface area contributed by atoms with Gasteiger partial charge in [-0.05, 0) is 42.9 Å². The molecule has 0 radical (unpaired) electrons. The summed E-state index contributed by atoms with van der Waals surface area (Å²) in [6.07, 6.45) is 0.726. The van der Waals surface area contributed by atoms with Crippen molar-refractivity contribution in [2.45, 2.75) is 25.2 Å². The molecule has 0 spiro atoms. The lowest BCUT2D eigenvalue weighted by Crippen LogP contribution is -2.32. The third-order valence-corrected chi connectivity index (χ3v) is 3.94. The molecule has 6 nitrogen and oxygen atoms in total. The van der Waals surface area contributed by atoms with E-state index in [-0.39, 0.29) is 15.9 Å². The number of thiocarbonyl (C=S) groups is 1. The zero-order chi connectivity index (χ0) is 15.2. The van der Waals surface area contributed by atoms with Crippen molar-refractivity contribution in [2.24, 2.45) is 0 Å². The van der Waals surface area contributed by atoms with Gasteiger partial charge in [0.1, 0.15) is 0 Å². The first-order valence-corrected chi connectivity index (χ1v) is 7.92. The maximum Gasteiger partial charge on any atom is 0.240 e. The molecule has 1 aromatic rings. The van der Waals surface area contributed by atoms with Gasteiger partial charge in [0.2, 0.25) is 15.9 Å². The van der Waals surface area contributed by atoms with E-state index in [1.165, 1.54) is 19.1 Å². The highest BCUT2D eigenvalue weighted by atomic mass is 32.2. The van der Waals surface area contributed by atoms with Crippen LogP contribution >= 0.6 is 12.2 Å². The first-order chi connectivity index (χ1) is 9.35. The van der Waals surface area contributed by atoms with Gasteiger partial charge in [0.05, 0.1) is 4.90 Å². The van der Waals surface area contributed by atoms with Gasteiger partial charge in [0, 0.05) is 19.2 Å². The topological polar surface area (TPSA) is 87.3 Å². The summed E-state index contributed by atoms with van der Waals surface area (Å²) in [7, 11) is -3.47. The minimum absolute atomic E-state index is 0.164. The second-order valence-corrected chi connectivity index (χ2v) is 6.23. The molecule has 0 saturated heterocycles. The Morgan fingerprint density at radius 1 is 1.25 bits per heavy atom. The van der Waals surface area contributed by atoms with Gasteiger partial charge in [-0.2, -0.15) is 0 Å². The van der Waals surface area contributed by atoms with E-state index in [9.17, 15) is 13.2 Å². The van der Waals surface area contributed by atoms with Gasteiger partial charge >= 0.3 is 0 Å². The highest BCUT2D eigenvalue weighted by Crippen LogP contribution is 2.13. The van der Waals surface area contributed by atoms with E-state index in [0.717, 1.165) is 6.42 Å². The van der Waals surface area contributed by atoms with E-state index in [4.69, 9.17) is 12.2 Å². The Morgan fingerprint density at radius 3 is 2.35 bits per heavy atom. The summed E-state index contributed by atoms with van der Waals surface area (Å²) >= 11 is 4.90. The van der Waals surface area contributed by atoms with Gasteiger partial charge in [0.25, 0.3) is 0 Å². The van der Waals surface area contributed by atoms with Gasteiger partial charge in [-0.25, -0.2) is 13.1 Å². The first kappa shape index (κ1) is 16.5. The van der Waals surface area contributed by atoms with E-state index < -0.39 is 10.0 Å². The molecule has 110 valence electrons. The van der Waals surface area contributed by atoms with Crippen molar-refractivity contribution in [2.75, 3.05) is 11.9 Å². The fraction of sp³-hybridized carbons (Fsp3) is 0.333. The Bertz CT molecular complexity index is 582. The quantitative estimate of drug-likeness (QED) is 0.711. The maximum absolute atomic E-state index is 11.9. The Kier molecular flexibility index (Phi) is 6.05. The van der Waals surface area contributed by atoms with Crippen molar-refractivity contribution in [3.63, 3.8) is 0 Å². The number of anilines is 1. The number of hydrogen-bond donors (Lipinski definition) is 3. The molecule has 0 saturated carbocycles. The Labute approximate surface area is 124 Å². The molecule has 3 N–H and O–H groups in total. The van der Waals surface area contributed by atoms with E-state index in [0.29, 0.717) is 12.2 Å². The molecule has 0 aliphatic carbocycles. The van der Waals surface area contributed by atoms with Crippen LogP contribution in [0.4, 0.5) is 5.69 Å². The lowest BCUT2D eigenvalue weighted by Gasteiger charge is -2.09. The molecule has 1 rings (SSSR count). The summed E-state index contributed by atoms with van der Waals surface area (Å²) in [5.41, 5.74) is 0.596. The van der Waals surface area contributed by atoms with Crippen LogP contribution in [0, 0.1) is 0 Å². The number of nitrogens with one attached hydrogen (secondary N) is 3. The summed E-state index contributed by atoms with van der Waals surface area (Å²) in [5.74, 6) is -0.273. The molecule has 0 heterocycles. The van der Waals surface area contributed by atoms with E-state index in [1.807, 2.05) is 6.92 Å². The molecule has 0 aliphatic rings. The van der Waals surface area contributed by atoms with E-state index in [1.54, 1.807) is 12.1 Å². The predicted octanol–water partition coefficient (Wildman–Crippen LogP) is 1.21. The van der Waals surface area contributed by atoms with Crippen molar-refractivity contribution in [1.82, 2.24) is 10.0 Å². The average Bonchev–Trinajstić information content (AvgIpc) is 2.36. The molecule has 0 atom stereocenters. The standard InChI is InChI=1S/C12H17N3O3S2/c1-3-8-13-20(17,18)11-6-4-10(5-7-11)15-12(19)14-9(2)16/h4-7,13H,3,8H2,1-2H3,(H2,14,15,16,19). The molecule has 20 heavy (non-hydrogen) atoms. The van der Waals surface area contributed by atoms with Gasteiger partial charge in [-0.3, -0.25) is 4.79 Å². The van der Waals surface area contributed by atoms with Crippen LogP contribution in [0.2, 0.25) is 0 Å². The summed E-state index contributed by atoms with van der Waals surface area (Å²) in [6, 6.07) is 6.09. The highest BCUT2D eigenvalue weighted by molar-refractivity contribution is 7.89. The monoisotopic (exact) mass is 315 g/mol. The molecular formula is C12H17N3O3S2. The van der Waals surface area contributed by atoms with Crippen molar-refractivity contribution in [3.05, 3.63) is 24.3 Å². The number of benzene rings is 1. The Hall–Kier alpha value is -1.51. The second-order valence-electron chi connectivity index (χ2n) is 4.06. The molecule has 0 unspecified atom stereocenters. The highest BCUT2D eigenvalue weighted by Gasteiger charge is 2.12. The van der Waals surface area contributed by atoms with Crippen molar-refractivity contribution in [1.29, 1.82) is 0 Å². The molecule has 0 aliphatic heterocycles. The van der Waals surface area contributed by atoms with Gasteiger partial charge in [-0.1, -0.05) is 6.92 Å². The Morgan fingerprint density at radius 2 is 1.85 bits per heavy atom. The molecule has 0 fully saturated rings. The van der Waals surface area contributed by atoms with Crippen LogP contribution in [-0.4, -0.2) is 26.0 Å². The molecule has 1 amide bonds. The third kappa shape index (κ3) is 5.24. The van der Waals surface area contributed by atoms with Crippen molar-refractivity contribution >= 4 is 38.9 Å². The van der Waals surface area contributed by atoms with Crippen molar-refractivity contribution < 1.29 is 13.2 Å². The van der Waals surface area contributed by atoms with Crippen LogP contribution in [0.5, 0.6) is 0 Å². The van der Waals surface area contributed by atoms with E-state index >= 15 is 0 Å². The van der Waals surface area contributed by atoms with Crippen LogP contribution in [0.15, 0.2) is 29.2 Å². The van der Waals surface area contributed by atoms with Gasteiger partial charge in [-0.15, -0.1) is 0 Å². The smallest absolute Gasteiger partial charge is 0.240 e. The average molecular weight is 315 g/mol. The first-order valence-electron chi connectivity index (χ1n) is 6.03. The lowest BCUT2D eigenvalue weighted by atomic mass is 10.3. The maximum atomic E-state index is 11.9. The molecule has 1 aromatic carbocycles. The predicted molar refractivity (Wildman–Crippen MR) is 82.0 cm³/mol. The van der Waals surface area contributed by atoms with E-state index in [2.05, 4.69) is 15.4 Å². The van der Waals surface area contributed by atoms with Gasteiger partial charge in [0.15, 0.2) is 5.11 Å². The fourth-order valence-corrected chi connectivity index (χ4v) is 2.75. The normalized spacial score (nSPS) is 10.9.